The van der Waals surface area contributed by atoms with Crippen molar-refractivity contribution in [2.75, 3.05) is 0 Å². The molecule has 1 aromatic heterocycles. The highest BCUT2D eigenvalue weighted by Gasteiger charge is 2.46. The summed E-state index contributed by atoms with van der Waals surface area (Å²) in [6.45, 7) is 3.92. The van der Waals surface area contributed by atoms with Crippen molar-refractivity contribution in [3.8, 4) is 5.75 Å². The lowest BCUT2D eigenvalue weighted by molar-refractivity contribution is 0.0264. The Kier molecular flexibility index (Phi) is 4.23. The van der Waals surface area contributed by atoms with Crippen LogP contribution in [0.25, 0.3) is 6.08 Å². The van der Waals surface area contributed by atoms with Crippen molar-refractivity contribution in [2.24, 2.45) is 0 Å². The van der Waals surface area contributed by atoms with E-state index in [0.29, 0.717) is 26.9 Å². The Morgan fingerprint density at radius 2 is 1.85 bits per heavy atom. The maximum atomic E-state index is 10.6. The number of pyridine rings is 1. The fraction of sp³-hybridized carbons (Fsp3) is 0.0952. The molecule has 5 heteroatoms. The molecule has 26 heavy (non-hydrogen) atoms. The zero-order chi connectivity index (χ0) is 18.3. The number of hydrogen-bond acceptors (Lipinski definition) is 3. The van der Waals surface area contributed by atoms with E-state index < -0.39 is 5.60 Å². The number of halogens is 2. The van der Waals surface area contributed by atoms with E-state index in [9.17, 15) is 5.11 Å². The first-order chi connectivity index (χ1) is 12.6. The van der Waals surface area contributed by atoms with Crippen LogP contribution in [-0.2, 0) is 16.9 Å². The van der Waals surface area contributed by atoms with Crippen LogP contribution in [0.3, 0.4) is 0 Å². The van der Waals surface area contributed by atoms with Gasteiger partial charge in [-0.15, -0.1) is 0 Å². The molecule has 0 aliphatic carbocycles. The maximum Gasteiger partial charge on any atom is 0.147 e. The number of nitrogens with zero attached hydrogens (tertiary/aromatic N) is 1. The van der Waals surface area contributed by atoms with Crippen LogP contribution in [0.2, 0.25) is 10.0 Å². The number of benzene rings is 2. The van der Waals surface area contributed by atoms with Crippen molar-refractivity contribution in [3.05, 3.63) is 99.3 Å². The van der Waals surface area contributed by atoms with E-state index in [-0.39, 0.29) is 12.4 Å². The van der Waals surface area contributed by atoms with E-state index in [1.165, 1.54) is 6.08 Å². The number of hydrogen-bond donors (Lipinski definition) is 1. The van der Waals surface area contributed by atoms with Gasteiger partial charge < -0.3 is 9.84 Å². The maximum absolute atomic E-state index is 10.6. The van der Waals surface area contributed by atoms with E-state index in [1.807, 2.05) is 42.5 Å². The zero-order valence-electron chi connectivity index (χ0n) is 13.7. The molecule has 1 N–H and O–H groups in total. The molecule has 1 atom stereocenters. The first kappa shape index (κ1) is 17.1. The molecule has 0 amide bonds. The third-order valence-corrected chi connectivity index (χ3v) is 5.52. The van der Waals surface area contributed by atoms with Crippen LogP contribution in [-0.4, -0.2) is 10.1 Å². The molecule has 2 heterocycles. The van der Waals surface area contributed by atoms with Crippen LogP contribution in [0.15, 0.2) is 61.3 Å². The minimum absolute atomic E-state index is 0.0773. The Morgan fingerprint density at radius 1 is 1.08 bits per heavy atom. The largest absolute Gasteiger partial charge is 0.505 e. The molecule has 3 aromatic rings. The van der Waals surface area contributed by atoms with Crippen LogP contribution in [0, 0.1) is 0 Å². The van der Waals surface area contributed by atoms with Crippen molar-refractivity contribution in [3.63, 3.8) is 0 Å². The second-order valence-corrected chi connectivity index (χ2v) is 6.81. The Morgan fingerprint density at radius 3 is 2.58 bits per heavy atom. The lowest BCUT2D eigenvalue weighted by atomic mass is 9.80. The minimum Gasteiger partial charge on any atom is -0.505 e. The third kappa shape index (κ3) is 2.36. The lowest BCUT2D eigenvalue weighted by Crippen LogP contribution is -2.29. The van der Waals surface area contributed by atoms with Gasteiger partial charge in [-0.2, -0.15) is 0 Å². The van der Waals surface area contributed by atoms with Gasteiger partial charge in [-0.25, -0.2) is 0 Å². The molecule has 0 bridgehead atoms. The van der Waals surface area contributed by atoms with Crippen molar-refractivity contribution in [1.82, 2.24) is 4.98 Å². The van der Waals surface area contributed by atoms with E-state index in [2.05, 4.69) is 11.6 Å². The predicted molar refractivity (Wildman–Crippen MR) is 104 cm³/mol. The lowest BCUT2D eigenvalue weighted by Gasteiger charge is -2.32. The van der Waals surface area contributed by atoms with Gasteiger partial charge in [0.1, 0.15) is 17.0 Å². The Hall–Kier alpha value is -2.33. The van der Waals surface area contributed by atoms with E-state index in [1.54, 1.807) is 12.3 Å². The van der Waals surface area contributed by atoms with Crippen molar-refractivity contribution >= 4 is 29.3 Å². The fourth-order valence-corrected chi connectivity index (χ4v) is 3.91. The first-order valence-corrected chi connectivity index (χ1v) is 8.83. The Labute approximate surface area is 161 Å². The highest BCUT2D eigenvalue weighted by Crippen LogP contribution is 2.51. The van der Waals surface area contributed by atoms with Crippen molar-refractivity contribution in [1.29, 1.82) is 0 Å². The van der Waals surface area contributed by atoms with Crippen LogP contribution in [0.5, 0.6) is 5.75 Å². The van der Waals surface area contributed by atoms with Gasteiger partial charge in [0, 0.05) is 22.9 Å². The monoisotopic (exact) mass is 383 g/mol. The van der Waals surface area contributed by atoms with Gasteiger partial charge in [-0.05, 0) is 17.7 Å². The topological polar surface area (TPSA) is 42.4 Å². The van der Waals surface area contributed by atoms with Gasteiger partial charge in [0.25, 0.3) is 0 Å². The molecule has 0 fully saturated rings. The molecule has 1 unspecified atom stereocenters. The van der Waals surface area contributed by atoms with E-state index in [4.69, 9.17) is 27.9 Å². The van der Waals surface area contributed by atoms with E-state index in [0.717, 1.165) is 11.1 Å². The zero-order valence-corrected chi connectivity index (χ0v) is 15.3. The Bertz CT molecular complexity index is 1000. The van der Waals surface area contributed by atoms with Crippen LogP contribution >= 0.6 is 23.2 Å². The summed E-state index contributed by atoms with van der Waals surface area (Å²) in [5.74, 6) is 0.0773. The summed E-state index contributed by atoms with van der Waals surface area (Å²) >= 11 is 12.8. The quantitative estimate of drug-likeness (QED) is 0.643. The molecule has 1 aliphatic heterocycles. The standard InChI is InChI=1S/C21H15Cl2NO2/c1-2-18-20(25)14-12-26-21(16(14)11-24-18,13-7-4-3-5-8-13)15-9-6-10-17(22)19(15)23/h2-11,25H,1,12H2. The molecule has 0 saturated heterocycles. The number of aromatic nitrogens is 1. The molecule has 0 radical (unpaired) electrons. The van der Waals surface area contributed by atoms with Gasteiger partial charge in [-0.3, -0.25) is 4.98 Å². The number of fused-ring (bicyclic) bond motifs is 1. The third-order valence-electron chi connectivity index (χ3n) is 4.70. The van der Waals surface area contributed by atoms with Crippen LogP contribution < -0.4 is 0 Å². The van der Waals surface area contributed by atoms with Gasteiger partial charge >= 0.3 is 0 Å². The van der Waals surface area contributed by atoms with Gasteiger partial charge in [-0.1, -0.05) is 72.2 Å². The van der Waals surface area contributed by atoms with Crippen LogP contribution in [0.4, 0.5) is 0 Å². The summed E-state index contributed by atoms with van der Waals surface area (Å²) in [6, 6.07) is 15.2. The molecule has 3 nitrogen and oxygen atoms in total. The average molecular weight is 384 g/mol. The molecular weight excluding hydrogens is 369 g/mol. The summed E-state index contributed by atoms with van der Waals surface area (Å²) in [6.07, 6.45) is 3.23. The summed E-state index contributed by atoms with van der Waals surface area (Å²) in [4.78, 5) is 4.34. The Balaban J connectivity index is 2.08. The summed E-state index contributed by atoms with van der Waals surface area (Å²) in [5, 5.41) is 11.4. The summed E-state index contributed by atoms with van der Waals surface area (Å²) in [7, 11) is 0. The minimum atomic E-state index is -0.997. The van der Waals surface area contributed by atoms with Crippen molar-refractivity contribution < 1.29 is 9.84 Å². The molecule has 0 saturated carbocycles. The fourth-order valence-electron chi connectivity index (χ4n) is 3.48. The summed E-state index contributed by atoms with van der Waals surface area (Å²) < 4.78 is 6.32. The average Bonchev–Trinajstić information content (AvgIpc) is 3.06. The van der Waals surface area contributed by atoms with Gasteiger partial charge in [0.15, 0.2) is 0 Å². The molecule has 0 spiro atoms. The van der Waals surface area contributed by atoms with Crippen molar-refractivity contribution in [2.45, 2.75) is 12.2 Å². The molecular formula is C21H15Cl2NO2. The normalized spacial score (nSPS) is 18.5. The second-order valence-electron chi connectivity index (χ2n) is 6.03. The molecule has 1 aliphatic rings. The van der Waals surface area contributed by atoms with Gasteiger partial charge in [0.05, 0.1) is 16.7 Å². The molecule has 2 aromatic carbocycles. The van der Waals surface area contributed by atoms with Gasteiger partial charge in [0.2, 0.25) is 0 Å². The second kappa shape index (κ2) is 6.44. The number of ether oxygens (including phenoxy) is 1. The summed E-state index contributed by atoms with van der Waals surface area (Å²) in [5.41, 5.74) is 2.45. The highest BCUT2D eigenvalue weighted by atomic mass is 35.5. The molecule has 130 valence electrons. The SMILES string of the molecule is C=Cc1ncc2c(c1O)COC2(c1ccccc1)c1cccc(Cl)c1Cl. The smallest absolute Gasteiger partial charge is 0.147 e. The van der Waals surface area contributed by atoms with Crippen LogP contribution in [0.1, 0.15) is 27.9 Å². The molecule has 4 rings (SSSR count). The number of rotatable bonds is 3. The number of aromatic hydroxyl groups is 1. The highest BCUT2D eigenvalue weighted by molar-refractivity contribution is 6.42. The first-order valence-electron chi connectivity index (χ1n) is 8.07. The van der Waals surface area contributed by atoms with E-state index >= 15 is 0 Å². The predicted octanol–water partition coefficient (Wildman–Crippen LogP) is 5.56.